The van der Waals surface area contributed by atoms with E-state index in [1.807, 2.05) is 17.5 Å². The van der Waals surface area contributed by atoms with Crippen LogP contribution in [0.1, 0.15) is 42.2 Å². The van der Waals surface area contributed by atoms with Crippen LogP contribution in [0.15, 0.2) is 35.2 Å². The van der Waals surface area contributed by atoms with Crippen molar-refractivity contribution in [1.82, 2.24) is 4.90 Å². The topological polar surface area (TPSA) is 66.8 Å². The third kappa shape index (κ3) is 3.43. The number of rotatable bonds is 4. The lowest BCUT2D eigenvalue weighted by molar-refractivity contribution is -0.141. The summed E-state index contributed by atoms with van der Waals surface area (Å²) in [5, 5.41) is 13.4. The fraction of sp³-hybridized carbons (Fsp3) is 0.333. The van der Waals surface area contributed by atoms with Crippen LogP contribution in [0.5, 0.6) is 5.75 Å². The molecule has 0 spiro atoms. The molecule has 1 aromatic heterocycles. The van der Waals surface area contributed by atoms with E-state index in [0.717, 1.165) is 30.6 Å². The van der Waals surface area contributed by atoms with E-state index in [1.165, 1.54) is 30.6 Å². The summed E-state index contributed by atoms with van der Waals surface area (Å²) in [5.74, 6) is -1.25. The third-order valence-electron chi connectivity index (χ3n) is 5.49. The number of ether oxygens (including phenoxy) is 1. The first kappa shape index (κ1) is 20.3. The standard InChI is InChI=1S/C21H19Cl2NO4S/c1-28-20-13(22)9-11(10-14(20)23)18(25)16-17(15-7-4-8-29-15)24(21(27)19(16)26)12-5-2-3-6-12/h4,7-10,12,17,25H,2-3,5-6H2,1H3/b18-16-. The lowest BCUT2D eigenvalue weighted by atomic mass is 9.99. The summed E-state index contributed by atoms with van der Waals surface area (Å²) in [6.45, 7) is 0. The molecule has 2 aliphatic rings. The predicted molar refractivity (Wildman–Crippen MR) is 114 cm³/mol. The van der Waals surface area contributed by atoms with Crippen LogP contribution >= 0.6 is 34.5 Å². The fourth-order valence-electron chi connectivity index (χ4n) is 4.18. The minimum Gasteiger partial charge on any atom is -0.507 e. The van der Waals surface area contributed by atoms with Gasteiger partial charge in [0, 0.05) is 16.5 Å². The smallest absolute Gasteiger partial charge is 0.295 e. The molecule has 1 amide bonds. The average molecular weight is 452 g/mol. The number of benzene rings is 1. The summed E-state index contributed by atoms with van der Waals surface area (Å²) >= 11 is 13.9. The SMILES string of the molecule is COc1c(Cl)cc(/C(O)=C2/C(=O)C(=O)N(C3CCCC3)C2c2cccs2)cc1Cl. The molecule has 1 saturated heterocycles. The Bertz CT molecular complexity index is 973. The number of thiophene rings is 1. The Labute approximate surface area is 182 Å². The molecule has 2 fully saturated rings. The van der Waals surface area contributed by atoms with Gasteiger partial charge in [0.2, 0.25) is 0 Å². The molecule has 29 heavy (non-hydrogen) atoms. The number of aliphatic hydroxyl groups excluding tert-OH is 1. The highest BCUT2D eigenvalue weighted by molar-refractivity contribution is 7.10. The number of likely N-dealkylation sites (tertiary alicyclic amines) is 1. The van der Waals surface area contributed by atoms with Crippen molar-refractivity contribution in [3.8, 4) is 5.75 Å². The summed E-state index contributed by atoms with van der Waals surface area (Å²) in [7, 11) is 1.44. The molecule has 5 nitrogen and oxygen atoms in total. The molecule has 0 radical (unpaired) electrons. The molecule has 152 valence electrons. The van der Waals surface area contributed by atoms with Crippen molar-refractivity contribution in [3.63, 3.8) is 0 Å². The van der Waals surface area contributed by atoms with Crippen LogP contribution in [0.25, 0.3) is 5.76 Å². The molecule has 1 atom stereocenters. The van der Waals surface area contributed by atoms with E-state index in [4.69, 9.17) is 27.9 Å². The number of carbonyl (C=O) groups excluding carboxylic acids is 2. The molecule has 1 unspecified atom stereocenters. The van der Waals surface area contributed by atoms with Crippen LogP contribution in [-0.2, 0) is 9.59 Å². The van der Waals surface area contributed by atoms with Crippen molar-refractivity contribution in [1.29, 1.82) is 0 Å². The third-order valence-corrected chi connectivity index (χ3v) is 6.97. The highest BCUT2D eigenvalue weighted by Gasteiger charge is 2.49. The van der Waals surface area contributed by atoms with Crippen LogP contribution < -0.4 is 4.74 Å². The van der Waals surface area contributed by atoms with E-state index in [2.05, 4.69) is 0 Å². The Morgan fingerprint density at radius 3 is 2.41 bits per heavy atom. The molecule has 1 aliphatic heterocycles. The number of hydrogen-bond donors (Lipinski definition) is 1. The van der Waals surface area contributed by atoms with Gasteiger partial charge in [-0.05, 0) is 36.4 Å². The van der Waals surface area contributed by atoms with E-state index in [-0.39, 0.29) is 38.7 Å². The Morgan fingerprint density at radius 2 is 1.86 bits per heavy atom. The lowest BCUT2D eigenvalue weighted by Gasteiger charge is -2.29. The molecule has 1 N–H and O–H groups in total. The second-order valence-electron chi connectivity index (χ2n) is 7.13. The number of methoxy groups -OCH3 is 1. The van der Waals surface area contributed by atoms with E-state index < -0.39 is 17.7 Å². The van der Waals surface area contributed by atoms with Crippen molar-refractivity contribution >= 4 is 52.0 Å². The van der Waals surface area contributed by atoms with E-state index in [1.54, 1.807) is 4.90 Å². The summed E-state index contributed by atoms with van der Waals surface area (Å²) in [4.78, 5) is 28.4. The molecule has 0 bridgehead atoms. The maximum atomic E-state index is 13.0. The number of nitrogens with zero attached hydrogens (tertiary/aromatic N) is 1. The Balaban J connectivity index is 1.88. The molecule has 1 aliphatic carbocycles. The Hall–Kier alpha value is -2.02. The Kier molecular flexibility index (Phi) is 5.60. The molecule has 8 heteroatoms. The van der Waals surface area contributed by atoms with E-state index in [0.29, 0.717) is 0 Å². The zero-order chi connectivity index (χ0) is 20.7. The van der Waals surface area contributed by atoms with Crippen molar-refractivity contribution in [2.45, 2.75) is 37.8 Å². The largest absolute Gasteiger partial charge is 0.507 e. The molecule has 4 rings (SSSR count). The number of carbonyl (C=O) groups is 2. The van der Waals surface area contributed by atoms with Crippen molar-refractivity contribution in [3.05, 3.63) is 55.7 Å². The zero-order valence-electron chi connectivity index (χ0n) is 15.7. The molecule has 2 heterocycles. The molecular weight excluding hydrogens is 433 g/mol. The van der Waals surface area contributed by atoms with Crippen LogP contribution in [0.2, 0.25) is 10.0 Å². The van der Waals surface area contributed by atoms with Gasteiger partial charge < -0.3 is 14.7 Å². The van der Waals surface area contributed by atoms with Gasteiger partial charge in [0.1, 0.15) is 5.76 Å². The summed E-state index contributed by atoms with van der Waals surface area (Å²) in [5.41, 5.74) is 0.341. The highest BCUT2D eigenvalue weighted by Crippen LogP contribution is 2.45. The van der Waals surface area contributed by atoms with Gasteiger partial charge in [-0.15, -0.1) is 11.3 Å². The first-order valence-corrected chi connectivity index (χ1v) is 10.9. The fourth-order valence-corrected chi connectivity index (χ4v) is 5.66. The number of ketones is 1. The van der Waals surface area contributed by atoms with Crippen LogP contribution in [0.4, 0.5) is 0 Å². The number of aliphatic hydroxyl groups is 1. The number of halogens is 2. The molecule has 1 saturated carbocycles. The van der Waals surface area contributed by atoms with E-state index >= 15 is 0 Å². The summed E-state index contributed by atoms with van der Waals surface area (Å²) in [6, 6.07) is 6.09. The monoisotopic (exact) mass is 451 g/mol. The highest BCUT2D eigenvalue weighted by atomic mass is 35.5. The Morgan fingerprint density at radius 1 is 1.21 bits per heavy atom. The van der Waals surface area contributed by atoms with Gasteiger partial charge in [0.05, 0.1) is 28.8 Å². The molecular formula is C21H19Cl2NO4S. The zero-order valence-corrected chi connectivity index (χ0v) is 18.0. The lowest BCUT2D eigenvalue weighted by Crippen LogP contribution is -2.37. The predicted octanol–water partition coefficient (Wildman–Crippen LogP) is 5.43. The summed E-state index contributed by atoms with van der Waals surface area (Å²) in [6.07, 6.45) is 3.76. The second-order valence-corrected chi connectivity index (χ2v) is 8.93. The van der Waals surface area contributed by atoms with Crippen LogP contribution in [0, 0.1) is 0 Å². The first-order chi connectivity index (χ1) is 13.9. The van der Waals surface area contributed by atoms with Crippen molar-refractivity contribution in [2.24, 2.45) is 0 Å². The van der Waals surface area contributed by atoms with Crippen molar-refractivity contribution in [2.75, 3.05) is 7.11 Å². The molecule has 1 aromatic carbocycles. The van der Waals surface area contributed by atoms with Gasteiger partial charge in [-0.1, -0.05) is 42.1 Å². The number of amides is 1. The van der Waals surface area contributed by atoms with Gasteiger partial charge >= 0.3 is 0 Å². The van der Waals surface area contributed by atoms with Crippen LogP contribution in [0.3, 0.4) is 0 Å². The molecule has 2 aromatic rings. The normalized spacial score (nSPS) is 21.9. The van der Waals surface area contributed by atoms with Gasteiger partial charge in [-0.2, -0.15) is 0 Å². The summed E-state index contributed by atoms with van der Waals surface area (Å²) < 4.78 is 5.15. The maximum Gasteiger partial charge on any atom is 0.295 e. The van der Waals surface area contributed by atoms with Gasteiger partial charge in [0.15, 0.2) is 5.75 Å². The minimum absolute atomic E-state index is 0.00751. The maximum absolute atomic E-state index is 13.0. The quantitative estimate of drug-likeness (QED) is 0.382. The average Bonchev–Trinajstić information content (AvgIpc) is 3.43. The van der Waals surface area contributed by atoms with Crippen molar-refractivity contribution < 1.29 is 19.4 Å². The minimum atomic E-state index is -0.684. The first-order valence-electron chi connectivity index (χ1n) is 9.31. The van der Waals surface area contributed by atoms with Gasteiger partial charge in [-0.25, -0.2) is 0 Å². The van der Waals surface area contributed by atoms with Gasteiger partial charge in [0.25, 0.3) is 11.7 Å². The second kappa shape index (κ2) is 8.01. The number of hydrogen-bond acceptors (Lipinski definition) is 5. The van der Waals surface area contributed by atoms with Crippen LogP contribution in [-0.4, -0.2) is 34.8 Å². The number of Topliss-reactive ketones (excluding diaryl/α,β-unsaturated/α-hetero) is 1. The van der Waals surface area contributed by atoms with Gasteiger partial charge in [-0.3, -0.25) is 9.59 Å². The van der Waals surface area contributed by atoms with E-state index in [9.17, 15) is 14.7 Å².